The van der Waals surface area contributed by atoms with Crippen molar-refractivity contribution in [3.63, 3.8) is 0 Å². The van der Waals surface area contributed by atoms with Crippen LogP contribution in [0.3, 0.4) is 0 Å². The van der Waals surface area contributed by atoms with Crippen LogP contribution in [0.5, 0.6) is 5.75 Å². The number of para-hydroxylation sites is 1. The van der Waals surface area contributed by atoms with Crippen molar-refractivity contribution in [2.75, 3.05) is 6.61 Å². The lowest BCUT2D eigenvalue weighted by molar-refractivity contribution is -0.277. The Labute approximate surface area is 122 Å². The Morgan fingerprint density at radius 1 is 1.14 bits per heavy atom. The van der Waals surface area contributed by atoms with E-state index in [1.165, 1.54) is 19.9 Å². The summed E-state index contributed by atoms with van der Waals surface area (Å²) in [5.74, 6) is -0.0625. The second-order valence-electron chi connectivity index (χ2n) is 5.91. The molecule has 0 spiro atoms. The Hall–Kier alpha value is -1.27. The van der Waals surface area contributed by atoms with E-state index in [9.17, 15) is 23.4 Å². The van der Waals surface area contributed by atoms with Gasteiger partial charge in [-0.2, -0.15) is 13.2 Å². The molecule has 120 valence electrons. The van der Waals surface area contributed by atoms with Crippen LogP contribution in [0.25, 0.3) is 0 Å². The van der Waals surface area contributed by atoms with Gasteiger partial charge in [-0.05, 0) is 29.4 Å². The molecule has 0 saturated heterocycles. The fourth-order valence-corrected chi connectivity index (χ4v) is 2.49. The van der Waals surface area contributed by atoms with Crippen LogP contribution >= 0.6 is 0 Å². The highest BCUT2D eigenvalue weighted by molar-refractivity contribution is 5.44. The highest BCUT2D eigenvalue weighted by Crippen LogP contribution is 2.43. The summed E-state index contributed by atoms with van der Waals surface area (Å²) in [5.41, 5.74) is -3.42. The molecular weight excluding hydrogens is 285 g/mol. The molecule has 0 amide bonds. The first-order valence-corrected chi connectivity index (χ1v) is 6.70. The molecule has 0 saturated carbocycles. The van der Waals surface area contributed by atoms with Crippen molar-refractivity contribution < 1.29 is 28.5 Å². The fourth-order valence-electron chi connectivity index (χ4n) is 2.49. The number of phenolic OH excluding ortho intramolecular Hbond substituents is 1. The Bertz CT molecular complexity index is 497. The predicted molar refractivity (Wildman–Crippen MR) is 73.2 cm³/mol. The molecule has 0 aliphatic heterocycles. The van der Waals surface area contributed by atoms with Crippen molar-refractivity contribution in [3.05, 3.63) is 29.3 Å². The summed E-state index contributed by atoms with van der Waals surface area (Å²) in [6.45, 7) is 3.39. The molecule has 1 atom stereocenters. The van der Waals surface area contributed by atoms with E-state index < -0.39 is 30.2 Å². The number of alkyl halides is 3. The van der Waals surface area contributed by atoms with Crippen molar-refractivity contribution in [1.29, 1.82) is 0 Å². The Balaban J connectivity index is 3.23. The normalized spacial score (nSPS) is 15.8. The third-order valence-electron chi connectivity index (χ3n) is 3.75. The molecular formula is C15H21F3O3. The van der Waals surface area contributed by atoms with E-state index in [2.05, 4.69) is 0 Å². The van der Waals surface area contributed by atoms with E-state index in [1.54, 1.807) is 12.1 Å². The Morgan fingerprint density at radius 2 is 1.71 bits per heavy atom. The minimum Gasteiger partial charge on any atom is -0.507 e. The summed E-state index contributed by atoms with van der Waals surface area (Å²) in [6.07, 6.45) is -5.16. The van der Waals surface area contributed by atoms with Gasteiger partial charge in [0.15, 0.2) is 5.60 Å². The molecule has 1 aromatic rings. The summed E-state index contributed by atoms with van der Waals surface area (Å²) in [5, 5.41) is 28.9. The number of aromatic hydroxyl groups is 1. The van der Waals surface area contributed by atoms with Gasteiger partial charge in [-0.1, -0.05) is 39.0 Å². The molecule has 0 aliphatic rings. The number of aryl methyl sites for hydroxylation is 1. The number of aliphatic hydroxyl groups excluding tert-OH is 1. The van der Waals surface area contributed by atoms with Crippen molar-refractivity contribution in [1.82, 2.24) is 0 Å². The lowest BCUT2D eigenvalue weighted by Crippen LogP contribution is -2.51. The van der Waals surface area contributed by atoms with Crippen molar-refractivity contribution in [2.24, 2.45) is 0 Å². The maximum atomic E-state index is 12.9. The SMILES string of the molecule is CCc1cccc(C(C)(C)CC(O)(CO)C(F)(F)F)c1O. The Kier molecular flexibility index (Phi) is 4.95. The quantitative estimate of drug-likeness (QED) is 0.784. The zero-order valence-electron chi connectivity index (χ0n) is 12.3. The van der Waals surface area contributed by atoms with Gasteiger partial charge in [0.05, 0.1) is 6.61 Å². The molecule has 1 rings (SSSR count). The van der Waals surface area contributed by atoms with Gasteiger partial charge in [0.1, 0.15) is 5.75 Å². The summed E-state index contributed by atoms with van der Waals surface area (Å²) < 4.78 is 38.8. The molecule has 0 aromatic heterocycles. The minimum atomic E-state index is -4.95. The molecule has 0 aliphatic carbocycles. The Morgan fingerprint density at radius 3 is 2.14 bits per heavy atom. The number of aliphatic hydroxyl groups is 2. The van der Waals surface area contributed by atoms with Crippen LogP contribution in [0.2, 0.25) is 0 Å². The lowest BCUT2D eigenvalue weighted by atomic mass is 9.74. The smallest absolute Gasteiger partial charge is 0.419 e. The maximum Gasteiger partial charge on any atom is 0.419 e. The van der Waals surface area contributed by atoms with Crippen LogP contribution in [-0.4, -0.2) is 33.7 Å². The molecule has 6 heteroatoms. The van der Waals surface area contributed by atoms with Crippen LogP contribution in [0.15, 0.2) is 18.2 Å². The lowest BCUT2D eigenvalue weighted by Gasteiger charge is -2.37. The van der Waals surface area contributed by atoms with Gasteiger partial charge < -0.3 is 15.3 Å². The van der Waals surface area contributed by atoms with E-state index >= 15 is 0 Å². The molecule has 3 N–H and O–H groups in total. The zero-order valence-corrected chi connectivity index (χ0v) is 12.3. The third kappa shape index (κ3) is 3.49. The molecule has 0 heterocycles. The van der Waals surface area contributed by atoms with Gasteiger partial charge in [-0.15, -0.1) is 0 Å². The van der Waals surface area contributed by atoms with Crippen LogP contribution < -0.4 is 0 Å². The van der Waals surface area contributed by atoms with Gasteiger partial charge in [0, 0.05) is 0 Å². The van der Waals surface area contributed by atoms with Crippen LogP contribution in [0.4, 0.5) is 13.2 Å². The standard InChI is InChI=1S/C15H21F3O3/c1-4-10-6-5-7-11(12(10)20)13(2,3)8-14(21,9-19)15(16,17)18/h5-7,19-21H,4,8-9H2,1-3H3. The first-order valence-electron chi connectivity index (χ1n) is 6.70. The van der Waals surface area contributed by atoms with E-state index in [1.807, 2.05) is 6.92 Å². The molecule has 21 heavy (non-hydrogen) atoms. The highest BCUT2D eigenvalue weighted by atomic mass is 19.4. The van der Waals surface area contributed by atoms with Crippen molar-refractivity contribution in [3.8, 4) is 5.75 Å². The van der Waals surface area contributed by atoms with Crippen molar-refractivity contribution >= 4 is 0 Å². The number of hydrogen-bond donors (Lipinski definition) is 3. The van der Waals surface area contributed by atoms with Crippen LogP contribution in [0.1, 0.15) is 38.3 Å². The second kappa shape index (κ2) is 5.85. The van der Waals surface area contributed by atoms with Crippen LogP contribution in [-0.2, 0) is 11.8 Å². The predicted octanol–water partition coefficient (Wildman–Crippen LogP) is 2.91. The van der Waals surface area contributed by atoms with E-state index in [-0.39, 0.29) is 5.75 Å². The summed E-state index contributed by atoms with van der Waals surface area (Å²) in [4.78, 5) is 0. The molecule has 0 fully saturated rings. The van der Waals surface area contributed by atoms with Gasteiger partial charge in [-0.25, -0.2) is 0 Å². The summed E-state index contributed by atoms with van der Waals surface area (Å²) >= 11 is 0. The fraction of sp³-hybridized carbons (Fsp3) is 0.600. The zero-order chi connectivity index (χ0) is 16.5. The number of rotatable bonds is 5. The molecule has 1 unspecified atom stereocenters. The number of hydrogen-bond acceptors (Lipinski definition) is 3. The van der Waals surface area contributed by atoms with E-state index in [4.69, 9.17) is 5.11 Å². The van der Waals surface area contributed by atoms with Crippen LogP contribution in [0, 0.1) is 0 Å². The van der Waals surface area contributed by atoms with Crippen molar-refractivity contribution in [2.45, 2.75) is 50.8 Å². The van der Waals surface area contributed by atoms with E-state index in [0.29, 0.717) is 17.5 Å². The molecule has 0 radical (unpaired) electrons. The van der Waals surface area contributed by atoms with E-state index in [0.717, 1.165) is 0 Å². The van der Waals surface area contributed by atoms with Gasteiger partial charge >= 0.3 is 6.18 Å². The maximum absolute atomic E-state index is 12.9. The number of phenols is 1. The molecule has 0 bridgehead atoms. The number of halogens is 3. The minimum absolute atomic E-state index is 0.0625. The summed E-state index contributed by atoms with van der Waals surface area (Å²) in [7, 11) is 0. The first-order chi connectivity index (χ1) is 9.48. The summed E-state index contributed by atoms with van der Waals surface area (Å²) in [6, 6.07) is 4.88. The first kappa shape index (κ1) is 17.8. The van der Waals surface area contributed by atoms with Gasteiger partial charge in [0.2, 0.25) is 0 Å². The largest absolute Gasteiger partial charge is 0.507 e. The second-order valence-corrected chi connectivity index (χ2v) is 5.91. The highest BCUT2D eigenvalue weighted by Gasteiger charge is 2.55. The van der Waals surface area contributed by atoms with Gasteiger partial charge in [-0.3, -0.25) is 0 Å². The average molecular weight is 306 g/mol. The van der Waals surface area contributed by atoms with Gasteiger partial charge in [0.25, 0.3) is 0 Å². The molecule has 1 aromatic carbocycles. The third-order valence-corrected chi connectivity index (χ3v) is 3.75. The topological polar surface area (TPSA) is 60.7 Å². The average Bonchev–Trinajstić information content (AvgIpc) is 2.36. The monoisotopic (exact) mass is 306 g/mol. The number of benzene rings is 1. The molecule has 3 nitrogen and oxygen atoms in total.